The average molecular weight is 282 g/mol. The van der Waals surface area contributed by atoms with Crippen LogP contribution in [0.25, 0.3) is 0 Å². The Kier molecular flexibility index (Phi) is 4.27. The Morgan fingerprint density at radius 1 is 1.26 bits per heavy atom. The summed E-state index contributed by atoms with van der Waals surface area (Å²) in [6.45, 7) is 5.81. The van der Waals surface area contributed by atoms with Gasteiger partial charge in [0, 0.05) is 22.7 Å². The summed E-state index contributed by atoms with van der Waals surface area (Å²) in [6.07, 6.45) is 0. The van der Waals surface area contributed by atoms with Crippen molar-refractivity contribution < 1.29 is 8.78 Å². The Balaban J connectivity index is 2.45. The highest BCUT2D eigenvalue weighted by Gasteiger charge is 2.23. The third-order valence-corrected chi connectivity index (χ3v) is 3.70. The Morgan fingerprint density at radius 2 is 2.00 bits per heavy atom. The van der Waals surface area contributed by atoms with Gasteiger partial charge in [-0.15, -0.1) is 11.3 Å². The number of aryl methyl sites for hydroxylation is 1. The number of thiazole rings is 1. The van der Waals surface area contributed by atoms with Gasteiger partial charge in [0.2, 0.25) is 0 Å². The smallest absolute Gasteiger partial charge is 0.164 e. The number of rotatable bonds is 4. The van der Waals surface area contributed by atoms with E-state index < -0.39 is 17.7 Å². The van der Waals surface area contributed by atoms with Gasteiger partial charge in [0.05, 0.1) is 6.04 Å². The molecule has 1 unspecified atom stereocenters. The number of halogens is 2. The van der Waals surface area contributed by atoms with Crippen molar-refractivity contribution >= 4 is 11.3 Å². The number of hydrogen-bond donors (Lipinski definition) is 1. The van der Waals surface area contributed by atoms with Crippen LogP contribution in [0.15, 0.2) is 23.6 Å². The minimum Gasteiger partial charge on any atom is -0.302 e. The normalized spacial score (nSPS) is 12.9. The Hall–Kier alpha value is -1.33. The van der Waals surface area contributed by atoms with E-state index in [0.717, 1.165) is 16.8 Å². The van der Waals surface area contributed by atoms with Gasteiger partial charge in [-0.05, 0) is 26.8 Å². The predicted octanol–water partition coefficient (Wildman–Crippen LogP) is 3.82. The van der Waals surface area contributed by atoms with Crippen LogP contribution in [0.4, 0.5) is 8.78 Å². The summed E-state index contributed by atoms with van der Waals surface area (Å²) in [7, 11) is 0. The van der Waals surface area contributed by atoms with Gasteiger partial charge in [-0.25, -0.2) is 13.8 Å². The van der Waals surface area contributed by atoms with Gasteiger partial charge in [0.15, 0.2) is 11.6 Å². The van der Waals surface area contributed by atoms with Crippen LogP contribution in [0, 0.1) is 18.6 Å². The molecule has 102 valence electrons. The van der Waals surface area contributed by atoms with Crippen LogP contribution >= 0.6 is 11.3 Å². The fourth-order valence-corrected chi connectivity index (χ4v) is 2.75. The van der Waals surface area contributed by atoms with Crippen molar-refractivity contribution in [3.8, 4) is 0 Å². The van der Waals surface area contributed by atoms with Crippen LogP contribution in [0.5, 0.6) is 0 Å². The number of nitrogens with zero attached hydrogens (tertiary/aromatic N) is 1. The van der Waals surface area contributed by atoms with E-state index in [1.807, 2.05) is 26.2 Å². The van der Waals surface area contributed by atoms with E-state index in [2.05, 4.69) is 10.3 Å². The van der Waals surface area contributed by atoms with Crippen LogP contribution in [0.2, 0.25) is 0 Å². The average Bonchev–Trinajstić information content (AvgIpc) is 2.76. The molecule has 2 rings (SSSR count). The molecule has 19 heavy (non-hydrogen) atoms. The molecule has 0 saturated heterocycles. The molecule has 1 aromatic heterocycles. The number of hydrogen-bond acceptors (Lipinski definition) is 3. The van der Waals surface area contributed by atoms with E-state index in [1.165, 1.54) is 17.4 Å². The third kappa shape index (κ3) is 3.16. The van der Waals surface area contributed by atoms with E-state index in [-0.39, 0.29) is 6.04 Å². The Morgan fingerprint density at radius 3 is 2.58 bits per heavy atom. The number of aromatic nitrogens is 1. The van der Waals surface area contributed by atoms with Gasteiger partial charge in [-0.3, -0.25) is 0 Å². The minimum absolute atomic E-state index is 0.136. The highest BCUT2D eigenvalue weighted by atomic mass is 32.1. The van der Waals surface area contributed by atoms with E-state index in [0.29, 0.717) is 5.56 Å². The molecule has 0 spiro atoms. The van der Waals surface area contributed by atoms with E-state index in [9.17, 15) is 8.78 Å². The molecule has 0 saturated carbocycles. The molecule has 1 aromatic carbocycles. The second-order valence-corrected chi connectivity index (χ2v) is 5.61. The first kappa shape index (κ1) is 14.1. The lowest BCUT2D eigenvalue weighted by Crippen LogP contribution is -2.29. The molecule has 0 aliphatic heterocycles. The van der Waals surface area contributed by atoms with Gasteiger partial charge in [0.1, 0.15) is 5.01 Å². The molecular weight excluding hydrogens is 266 g/mol. The van der Waals surface area contributed by atoms with Crippen molar-refractivity contribution in [1.29, 1.82) is 0 Å². The summed E-state index contributed by atoms with van der Waals surface area (Å²) >= 11 is 1.45. The summed E-state index contributed by atoms with van der Waals surface area (Å²) < 4.78 is 27.3. The molecule has 1 N–H and O–H groups in total. The molecule has 1 heterocycles. The third-order valence-electron chi connectivity index (χ3n) is 2.68. The summed E-state index contributed by atoms with van der Waals surface area (Å²) in [4.78, 5) is 4.38. The first-order valence-corrected chi connectivity index (χ1v) is 6.99. The molecule has 2 aromatic rings. The summed E-state index contributed by atoms with van der Waals surface area (Å²) in [5, 5.41) is 5.89. The summed E-state index contributed by atoms with van der Waals surface area (Å²) in [5.74, 6) is -1.64. The van der Waals surface area contributed by atoms with E-state index in [4.69, 9.17) is 0 Å². The maximum absolute atomic E-state index is 14.0. The molecule has 0 aliphatic rings. The highest BCUT2D eigenvalue weighted by Crippen LogP contribution is 2.28. The van der Waals surface area contributed by atoms with Crippen LogP contribution in [-0.4, -0.2) is 11.0 Å². The standard InChI is InChI=1S/C14H16F2N2S/c1-8(2)17-13(14-18-9(3)7-19-14)10-5-4-6-11(15)12(10)16/h4-8,13,17H,1-3H3. The van der Waals surface area contributed by atoms with Crippen molar-refractivity contribution in [2.24, 2.45) is 0 Å². The van der Waals surface area contributed by atoms with Crippen molar-refractivity contribution in [3.63, 3.8) is 0 Å². The van der Waals surface area contributed by atoms with Gasteiger partial charge >= 0.3 is 0 Å². The van der Waals surface area contributed by atoms with Crippen LogP contribution < -0.4 is 5.32 Å². The van der Waals surface area contributed by atoms with Gasteiger partial charge < -0.3 is 5.32 Å². The molecule has 0 amide bonds. The van der Waals surface area contributed by atoms with Crippen LogP contribution in [-0.2, 0) is 0 Å². The van der Waals surface area contributed by atoms with Crippen molar-refractivity contribution in [3.05, 3.63) is 51.5 Å². The van der Waals surface area contributed by atoms with Crippen LogP contribution in [0.1, 0.15) is 36.2 Å². The maximum Gasteiger partial charge on any atom is 0.164 e. The fourth-order valence-electron chi connectivity index (χ4n) is 1.88. The topological polar surface area (TPSA) is 24.9 Å². The molecule has 2 nitrogen and oxygen atoms in total. The second kappa shape index (κ2) is 5.75. The summed E-state index contributed by atoms with van der Waals surface area (Å²) in [6, 6.07) is 3.95. The molecule has 0 fully saturated rings. The fraction of sp³-hybridized carbons (Fsp3) is 0.357. The van der Waals surface area contributed by atoms with Crippen molar-refractivity contribution in [1.82, 2.24) is 10.3 Å². The highest BCUT2D eigenvalue weighted by molar-refractivity contribution is 7.09. The van der Waals surface area contributed by atoms with Gasteiger partial charge in [-0.2, -0.15) is 0 Å². The molecule has 0 bridgehead atoms. The summed E-state index contributed by atoms with van der Waals surface area (Å²) in [5.41, 5.74) is 1.18. The lowest BCUT2D eigenvalue weighted by atomic mass is 10.1. The maximum atomic E-state index is 14.0. The second-order valence-electron chi connectivity index (χ2n) is 4.72. The van der Waals surface area contributed by atoms with Gasteiger partial charge in [0.25, 0.3) is 0 Å². The monoisotopic (exact) mass is 282 g/mol. The Labute approximate surface area is 115 Å². The molecule has 1 atom stereocenters. The lowest BCUT2D eigenvalue weighted by molar-refractivity contribution is 0.465. The number of nitrogens with one attached hydrogen (secondary N) is 1. The zero-order chi connectivity index (χ0) is 14.0. The first-order valence-electron chi connectivity index (χ1n) is 6.11. The van der Waals surface area contributed by atoms with E-state index in [1.54, 1.807) is 6.07 Å². The Bertz CT molecular complexity index is 566. The SMILES string of the molecule is Cc1csc(C(NC(C)C)c2cccc(F)c2F)n1. The zero-order valence-electron chi connectivity index (χ0n) is 11.1. The largest absolute Gasteiger partial charge is 0.302 e. The molecule has 5 heteroatoms. The lowest BCUT2D eigenvalue weighted by Gasteiger charge is -2.20. The molecular formula is C14H16F2N2S. The van der Waals surface area contributed by atoms with Crippen molar-refractivity contribution in [2.75, 3.05) is 0 Å². The quantitative estimate of drug-likeness (QED) is 0.922. The van der Waals surface area contributed by atoms with Gasteiger partial charge in [-0.1, -0.05) is 12.1 Å². The zero-order valence-corrected chi connectivity index (χ0v) is 11.9. The van der Waals surface area contributed by atoms with Crippen LogP contribution in [0.3, 0.4) is 0 Å². The minimum atomic E-state index is -0.832. The molecule has 0 radical (unpaired) electrons. The van der Waals surface area contributed by atoms with Crippen molar-refractivity contribution in [2.45, 2.75) is 32.9 Å². The molecule has 0 aliphatic carbocycles. The number of benzene rings is 1. The van der Waals surface area contributed by atoms with E-state index >= 15 is 0 Å². The predicted molar refractivity (Wildman–Crippen MR) is 73.3 cm³/mol. The first-order chi connectivity index (χ1) is 8.99.